The van der Waals surface area contributed by atoms with Crippen molar-refractivity contribution in [3.05, 3.63) is 0 Å². The summed E-state index contributed by atoms with van der Waals surface area (Å²) in [6.45, 7) is 1.11. The van der Waals surface area contributed by atoms with Gasteiger partial charge in [-0.05, 0) is 6.42 Å². The normalized spacial score (nSPS) is 16.5. The molecule has 84 valence electrons. The molecule has 1 atom stereocenters. The number of hydrogen-bond acceptors (Lipinski definition) is 5. The first-order chi connectivity index (χ1) is 7.00. The van der Waals surface area contributed by atoms with E-state index in [1.54, 1.807) is 0 Å². The Morgan fingerprint density at radius 3 is 2.40 bits per heavy atom. The Morgan fingerprint density at radius 2 is 2.00 bits per heavy atom. The topological polar surface area (TPSA) is 110 Å². The number of nitrogens with two attached hydrogens (primary N) is 1. The molecule has 1 aliphatic heterocycles. The predicted octanol–water partition coefficient (Wildman–Crippen LogP) is -0.843. The average molecular weight is 216 g/mol. The standard InChI is InChI=1S/C8H12N2O5/c9-5(4-6(11)12)7(13)15-8(14)10-2-1-3-10/h5H,1-4,9H2,(H,11,12)/t5-/m0/s1. The third-order valence-corrected chi connectivity index (χ3v) is 2.00. The number of carboxylic acids is 1. The minimum absolute atomic E-state index is 0.549. The molecule has 1 amide bonds. The molecule has 0 spiro atoms. The van der Waals surface area contributed by atoms with Crippen LogP contribution in [-0.4, -0.2) is 47.2 Å². The van der Waals surface area contributed by atoms with Crippen molar-refractivity contribution in [2.75, 3.05) is 13.1 Å². The lowest BCUT2D eigenvalue weighted by Gasteiger charge is -2.29. The molecular formula is C8H12N2O5. The van der Waals surface area contributed by atoms with Crippen molar-refractivity contribution in [1.82, 2.24) is 4.90 Å². The van der Waals surface area contributed by atoms with Crippen LogP contribution in [0, 0.1) is 0 Å². The summed E-state index contributed by atoms with van der Waals surface area (Å²) in [7, 11) is 0. The molecule has 0 radical (unpaired) electrons. The number of rotatable bonds is 3. The highest BCUT2D eigenvalue weighted by molar-refractivity contribution is 5.90. The van der Waals surface area contributed by atoms with Gasteiger partial charge >= 0.3 is 18.0 Å². The monoisotopic (exact) mass is 216 g/mol. The number of carboxylic acid groups (broad SMARTS) is 1. The van der Waals surface area contributed by atoms with E-state index < -0.39 is 30.5 Å². The van der Waals surface area contributed by atoms with Crippen molar-refractivity contribution in [1.29, 1.82) is 0 Å². The molecule has 0 bridgehead atoms. The highest BCUT2D eigenvalue weighted by Crippen LogP contribution is 2.08. The first-order valence-corrected chi connectivity index (χ1v) is 4.48. The average Bonchev–Trinajstić information content (AvgIpc) is 1.98. The first kappa shape index (κ1) is 11.4. The van der Waals surface area contributed by atoms with Gasteiger partial charge in [-0.1, -0.05) is 0 Å². The molecule has 1 heterocycles. The van der Waals surface area contributed by atoms with Gasteiger partial charge in [-0.3, -0.25) is 4.79 Å². The SMILES string of the molecule is N[C@@H](CC(=O)O)C(=O)OC(=O)N1CCC1. The first-order valence-electron chi connectivity index (χ1n) is 4.48. The molecule has 1 saturated heterocycles. The summed E-state index contributed by atoms with van der Waals surface area (Å²) in [5.74, 6) is -2.22. The van der Waals surface area contributed by atoms with Crippen LogP contribution in [0.4, 0.5) is 4.79 Å². The van der Waals surface area contributed by atoms with Gasteiger partial charge in [0.25, 0.3) is 0 Å². The molecule has 1 rings (SSSR count). The van der Waals surface area contributed by atoms with Gasteiger partial charge in [0.2, 0.25) is 0 Å². The van der Waals surface area contributed by atoms with Crippen LogP contribution in [0.3, 0.4) is 0 Å². The molecule has 0 aromatic carbocycles. The van der Waals surface area contributed by atoms with Crippen molar-refractivity contribution in [3.63, 3.8) is 0 Å². The number of esters is 1. The van der Waals surface area contributed by atoms with Crippen LogP contribution in [0.25, 0.3) is 0 Å². The summed E-state index contributed by atoms with van der Waals surface area (Å²) < 4.78 is 4.38. The maximum atomic E-state index is 11.1. The van der Waals surface area contributed by atoms with Crippen LogP contribution in [-0.2, 0) is 14.3 Å². The van der Waals surface area contributed by atoms with E-state index in [2.05, 4.69) is 4.74 Å². The van der Waals surface area contributed by atoms with Crippen molar-refractivity contribution in [2.24, 2.45) is 5.73 Å². The minimum Gasteiger partial charge on any atom is -0.481 e. The van der Waals surface area contributed by atoms with E-state index in [1.807, 2.05) is 0 Å². The van der Waals surface area contributed by atoms with Crippen LogP contribution >= 0.6 is 0 Å². The van der Waals surface area contributed by atoms with Gasteiger partial charge in [0.15, 0.2) is 0 Å². The zero-order valence-electron chi connectivity index (χ0n) is 8.01. The number of carbonyl (C=O) groups excluding carboxylic acids is 2. The van der Waals surface area contributed by atoms with E-state index in [1.165, 1.54) is 4.90 Å². The molecule has 0 aliphatic carbocycles. The summed E-state index contributed by atoms with van der Waals surface area (Å²) in [5.41, 5.74) is 5.20. The van der Waals surface area contributed by atoms with Crippen LogP contribution in [0.5, 0.6) is 0 Å². The lowest BCUT2D eigenvalue weighted by atomic mass is 10.2. The highest BCUT2D eigenvalue weighted by Gasteiger charge is 2.27. The van der Waals surface area contributed by atoms with Crippen LogP contribution in [0.15, 0.2) is 0 Å². The molecule has 1 aliphatic rings. The Balaban J connectivity index is 2.33. The molecule has 0 aromatic rings. The molecule has 0 aromatic heterocycles. The largest absolute Gasteiger partial charge is 0.481 e. The minimum atomic E-state index is -1.30. The predicted molar refractivity (Wildman–Crippen MR) is 47.9 cm³/mol. The maximum Gasteiger partial charge on any atom is 0.417 e. The quantitative estimate of drug-likeness (QED) is 0.470. The molecule has 7 nitrogen and oxygen atoms in total. The Morgan fingerprint density at radius 1 is 1.40 bits per heavy atom. The van der Waals surface area contributed by atoms with Crippen molar-refractivity contribution >= 4 is 18.0 Å². The van der Waals surface area contributed by atoms with Crippen molar-refractivity contribution < 1.29 is 24.2 Å². The van der Waals surface area contributed by atoms with E-state index in [9.17, 15) is 14.4 Å². The molecule has 3 N–H and O–H groups in total. The number of hydrogen-bond donors (Lipinski definition) is 2. The van der Waals surface area contributed by atoms with Gasteiger partial charge in [0.05, 0.1) is 6.42 Å². The van der Waals surface area contributed by atoms with E-state index in [0.717, 1.165) is 6.42 Å². The third kappa shape index (κ3) is 3.21. The number of nitrogens with zero attached hydrogens (tertiary/aromatic N) is 1. The van der Waals surface area contributed by atoms with Gasteiger partial charge in [-0.15, -0.1) is 0 Å². The van der Waals surface area contributed by atoms with Crippen LogP contribution in [0.1, 0.15) is 12.8 Å². The van der Waals surface area contributed by atoms with Crippen LogP contribution in [0.2, 0.25) is 0 Å². The molecule has 1 fully saturated rings. The molecule has 0 unspecified atom stereocenters. The fourth-order valence-corrected chi connectivity index (χ4v) is 0.997. The summed E-state index contributed by atoms with van der Waals surface area (Å²) in [6, 6.07) is -1.30. The Kier molecular flexibility index (Phi) is 3.62. The van der Waals surface area contributed by atoms with Gasteiger partial charge in [-0.2, -0.15) is 0 Å². The van der Waals surface area contributed by atoms with E-state index in [0.29, 0.717) is 13.1 Å². The van der Waals surface area contributed by atoms with Gasteiger partial charge in [0, 0.05) is 13.1 Å². The van der Waals surface area contributed by atoms with Crippen molar-refractivity contribution in [2.45, 2.75) is 18.9 Å². The second kappa shape index (κ2) is 4.74. The number of likely N-dealkylation sites (tertiary alicyclic amines) is 1. The van der Waals surface area contributed by atoms with E-state index in [4.69, 9.17) is 10.8 Å². The van der Waals surface area contributed by atoms with Crippen molar-refractivity contribution in [3.8, 4) is 0 Å². The summed E-state index contributed by atoms with van der Waals surface area (Å²) in [4.78, 5) is 33.7. The summed E-state index contributed by atoms with van der Waals surface area (Å²) >= 11 is 0. The number of amides is 1. The number of aliphatic carboxylic acids is 1. The Labute approximate surface area is 85.8 Å². The zero-order chi connectivity index (χ0) is 11.4. The molecule has 0 saturated carbocycles. The summed E-state index contributed by atoms with van der Waals surface area (Å²) in [6.07, 6.45) is -0.427. The highest BCUT2D eigenvalue weighted by atomic mass is 16.6. The van der Waals surface area contributed by atoms with E-state index >= 15 is 0 Å². The maximum absolute atomic E-state index is 11.1. The molecular weight excluding hydrogens is 204 g/mol. The van der Waals surface area contributed by atoms with Crippen LogP contribution < -0.4 is 5.73 Å². The molecule has 7 heteroatoms. The van der Waals surface area contributed by atoms with Gasteiger partial charge in [-0.25, -0.2) is 9.59 Å². The summed E-state index contributed by atoms with van der Waals surface area (Å²) in [5, 5.41) is 8.35. The van der Waals surface area contributed by atoms with Gasteiger partial charge in [0.1, 0.15) is 6.04 Å². The second-order valence-corrected chi connectivity index (χ2v) is 3.23. The fourth-order valence-electron chi connectivity index (χ4n) is 0.997. The number of ether oxygens (including phenoxy) is 1. The Bertz CT molecular complexity index is 287. The fraction of sp³-hybridized carbons (Fsp3) is 0.625. The lowest BCUT2D eigenvalue weighted by Crippen LogP contribution is -2.45. The zero-order valence-corrected chi connectivity index (χ0v) is 8.01. The second-order valence-electron chi connectivity index (χ2n) is 3.23. The molecule has 15 heavy (non-hydrogen) atoms. The lowest BCUT2D eigenvalue weighted by molar-refractivity contribution is -0.146. The van der Waals surface area contributed by atoms with Gasteiger partial charge < -0.3 is 20.5 Å². The number of carbonyl (C=O) groups is 3. The third-order valence-electron chi connectivity index (χ3n) is 2.00. The smallest absolute Gasteiger partial charge is 0.417 e. The Hall–Kier alpha value is -1.63. The van der Waals surface area contributed by atoms with E-state index in [-0.39, 0.29) is 0 Å².